The molecule has 0 saturated heterocycles. The Labute approximate surface area is 177 Å². The van der Waals surface area contributed by atoms with Crippen molar-refractivity contribution in [2.75, 3.05) is 13.7 Å². The van der Waals surface area contributed by atoms with E-state index >= 15 is 0 Å². The molecule has 1 aliphatic rings. The monoisotopic (exact) mass is 432 g/mol. The lowest BCUT2D eigenvalue weighted by Gasteiger charge is -2.15. The number of ether oxygens (including phenoxy) is 2. The van der Waals surface area contributed by atoms with Gasteiger partial charge in [-0.3, -0.25) is 4.79 Å². The van der Waals surface area contributed by atoms with Crippen molar-refractivity contribution in [2.45, 2.75) is 49.6 Å². The van der Waals surface area contributed by atoms with Crippen molar-refractivity contribution in [3.63, 3.8) is 0 Å². The van der Waals surface area contributed by atoms with Crippen molar-refractivity contribution in [1.29, 1.82) is 0 Å². The van der Waals surface area contributed by atoms with Crippen LogP contribution < -0.4 is 19.5 Å². The Morgan fingerprint density at radius 2 is 1.63 bits per heavy atom. The standard InChI is InChI=1S/C22H28N2O5S/c1-16(17-7-9-19(28-2)10-8-17)23-22(25)15-29-20-11-13-21(14-12-20)30(26,27)24-18-5-3-4-6-18/h7-14,16,18,24H,3-6,15H2,1-2H3,(H,23,25). The fourth-order valence-corrected chi connectivity index (χ4v) is 4.76. The number of hydrogen-bond acceptors (Lipinski definition) is 5. The highest BCUT2D eigenvalue weighted by molar-refractivity contribution is 7.89. The average Bonchev–Trinajstić information content (AvgIpc) is 3.25. The summed E-state index contributed by atoms with van der Waals surface area (Å²) in [6.07, 6.45) is 3.87. The SMILES string of the molecule is COc1ccc(C(C)NC(=O)COc2ccc(S(=O)(=O)NC3CCCC3)cc2)cc1. The maximum Gasteiger partial charge on any atom is 0.258 e. The van der Waals surface area contributed by atoms with Gasteiger partial charge in [0.1, 0.15) is 11.5 Å². The molecule has 1 atom stereocenters. The molecule has 0 bridgehead atoms. The molecule has 1 fully saturated rings. The first-order valence-electron chi connectivity index (χ1n) is 10.1. The quantitative estimate of drug-likeness (QED) is 0.635. The number of methoxy groups -OCH3 is 1. The highest BCUT2D eigenvalue weighted by Crippen LogP contribution is 2.22. The van der Waals surface area contributed by atoms with E-state index in [4.69, 9.17) is 9.47 Å². The van der Waals surface area contributed by atoms with Gasteiger partial charge in [0.05, 0.1) is 18.0 Å². The zero-order valence-electron chi connectivity index (χ0n) is 17.3. The van der Waals surface area contributed by atoms with E-state index in [9.17, 15) is 13.2 Å². The second-order valence-electron chi connectivity index (χ2n) is 7.43. The fourth-order valence-electron chi connectivity index (χ4n) is 3.45. The Balaban J connectivity index is 1.49. The number of rotatable bonds is 9. The van der Waals surface area contributed by atoms with Gasteiger partial charge in [0.2, 0.25) is 10.0 Å². The number of benzene rings is 2. The van der Waals surface area contributed by atoms with Crippen LogP contribution in [0.4, 0.5) is 0 Å². The number of carbonyl (C=O) groups excluding carboxylic acids is 1. The molecule has 0 spiro atoms. The van der Waals surface area contributed by atoms with E-state index in [1.54, 1.807) is 19.2 Å². The number of amides is 1. The van der Waals surface area contributed by atoms with Crippen LogP contribution in [0.25, 0.3) is 0 Å². The summed E-state index contributed by atoms with van der Waals surface area (Å²) in [5, 5.41) is 2.87. The van der Waals surface area contributed by atoms with E-state index in [1.807, 2.05) is 31.2 Å². The first-order valence-corrected chi connectivity index (χ1v) is 11.5. The highest BCUT2D eigenvalue weighted by Gasteiger charge is 2.22. The largest absolute Gasteiger partial charge is 0.497 e. The third kappa shape index (κ3) is 5.96. The molecule has 0 aromatic heterocycles. The van der Waals surface area contributed by atoms with Gasteiger partial charge in [-0.2, -0.15) is 0 Å². The highest BCUT2D eigenvalue weighted by atomic mass is 32.2. The Morgan fingerprint density at radius 1 is 1.03 bits per heavy atom. The Morgan fingerprint density at radius 3 is 2.23 bits per heavy atom. The maximum absolute atomic E-state index is 12.4. The minimum absolute atomic E-state index is 0.0160. The van der Waals surface area contributed by atoms with Crippen LogP contribution in [0.3, 0.4) is 0 Å². The van der Waals surface area contributed by atoms with Gasteiger partial charge in [-0.25, -0.2) is 13.1 Å². The predicted octanol–water partition coefficient (Wildman–Crippen LogP) is 3.17. The molecule has 7 nitrogen and oxygen atoms in total. The van der Waals surface area contributed by atoms with E-state index in [0.717, 1.165) is 37.0 Å². The zero-order chi connectivity index (χ0) is 21.6. The van der Waals surface area contributed by atoms with Crippen LogP contribution >= 0.6 is 0 Å². The van der Waals surface area contributed by atoms with Crippen LogP contribution in [0.15, 0.2) is 53.4 Å². The molecule has 1 saturated carbocycles. The molecule has 162 valence electrons. The molecule has 3 rings (SSSR count). The van der Waals surface area contributed by atoms with Gasteiger partial charge in [0.15, 0.2) is 6.61 Å². The maximum atomic E-state index is 12.4. The van der Waals surface area contributed by atoms with Gasteiger partial charge in [-0.05, 0) is 61.7 Å². The second kappa shape index (κ2) is 9.95. The summed E-state index contributed by atoms with van der Waals surface area (Å²) in [5.41, 5.74) is 0.952. The Hall–Kier alpha value is -2.58. The van der Waals surface area contributed by atoms with Crippen molar-refractivity contribution >= 4 is 15.9 Å². The molecule has 0 aliphatic heterocycles. The second-order valence-corrected chi connectivity index (χ2v) is 9.14. The number of sulfonamides is 1. The third-order valence-corrected chi connectivity index (χ3v) is 6.71. The molecule has 2 N–H and O–H groups in total. The number of hydrogen-bond donors (Lipinski definition) is 2. The first-order chi connectivity index (χ1) is 14.4. The van der Waals surface area contributed by atoms with Crippen LogP contribution in [0.1, 0.15) is 44.2 Å². The summed E-state index contributed by atoms with van der Waals surface area (Å²) < 4.78 is 38.2. The van der Waals surface area contributed by atoms with Gasteiger partial charge in [-0.15, -0.1) is 0 Å². The summed E-state index contributed by atoms with van der Waals surface area (Å²) in [7, 11) is -1.93. The zero-order valence-corrected chi connectivity index (χ0v) is 18.1. The van der Waals surface area contributed by atoms with E-state index < -0.39 is 10.0 Å². The smallest absolute Gasteiger partial charge is 0.258 e. The molecular formula is C22H28N2O5S. The van der Waals surface area contributed by atoms with Crippen LogP contribution in [-0.4, -0.2) is 34.1 Å². The molecular weight excluding hydrogens is 404 g/mol. The normalized spacial score (nSPS) is 15.5. The molecule has 30 heavy (non-hydrogen) atoms. The van der Waals surface area contributed by atoms with Crippen molar-refractivity contribution in [3.8, 4) is 11.5 Å². The van der Waals surface area contributed by atoms with Gasteiger partial charge >= 0.3 is 0 Å². The summed E-state index contributed by atoms with van der Waals surface area (Å²) in [6, 6.07) is 13.4. The van der Waals surface area contributed by atoms with Crippen LogP contribution in [0.2, 0.25) is 0 Å². The summed E-state index contributed by atoms with van der Waals surface area (Å²) >= 11 is 0. The number of carbonyl (C=O) groups is 1. The van der Waals surface area contributed by atoms with Gasteiger partial charge in [0, 0.05) is 6.04 Å². The van der Waals surface area contributed by atoms with E-state index in [-0.39, 0.29) is 29.5 Å². The molecule has 1 aliphatic carbocycles. The molecule has 1 amide bonds. The van der Waals surface area contributed by atoms with Crippen molar-refractivity contribution < 1.29 is 22.7 Å². The fraction of sp³-hybridized carbons (Fsp3) is 0.409. The predicted molar refractivity (Wildman–Crippen MR) is 114 cm³/mol. The van der Waals surface area contributed by atoms with Gasteiger partial charge < -0.3 is 14.8 Å². The van der Waals surface area contributed by atoms with Crippen LogP contribution in [-0.2, 0) is 14.8 Å². The molecule has 0 radical (unpaired) electrons. The lowest BCUT2D eigenvalue weighted by Crippen LogP contribution is -2.32. The lowest BCUT2D eigenvalue weighted by molar-refractivity contribution is -0.123. The van der Waals surface area contributed by atoms with Crippen LogP contribution in [0.5, 0.6) is 11.5 Å². The molecule has 8 heteroatoms. The summed E-state index contributed by atoms with van der Waals surface area (Å²) in [6.45, 7) is 1.73. The van der Waals surface area contributed by atoms with Crippen LogP contribution in [0, 0.1) is 0 Å². The number of nitrogens with one attached hydrogen (secondary N) is 2. The van der Waals surface area contributed by atoms with E-state index in [2.05, 4.69) is 10.0 Å². The van der Waals surface area contributed by atoms with Crippen molar-refractivity contribution in [1.82, 2.24) is 10.0 Å². The Bertz CT molecular complexity index is 936. The van der Waals surface area contributed by atoms with E-state index in [0.29, 0.717) is 5.75 Å². The molecule has 2 aromatic carbocycles. The molecule has 1 unspecified atom stereocenters. The molecule has 0 heterocycles. The lowest BCUT2D eigenvalue weighted by atomic mass is 10.1. The summed E-state index contributed by atoms with van der Waals surface area (Å²) in [5.74, 6) is 0.921. The minimum atomic E-state index is -3.54. The Kier molecular flexibility index (Phi) is 7.33. The van der Waals surface area contributed by atoms with Crippen molar-refractivity contribution in [3.05, 3.63) is 54.1 Å². The summed E-state index contributed by atoms with van der Waals surface area (Å²) in [4.78, 5) is 12.4. The topological polar surface area (TPSA) is 93.7 Å². The van der Waals surface area contributed by atoms with Gasteiger partial charge in [0.25, 0.3) is 5.91 Å². The first kappa shape index (κ1) is 22.1. The molecule has 2 aromatic rings. The average molecular weight is 433 g/mol. The third-order valence-electron chi connectivity index (χ3n) is 5.17. The van der Waals surface area contributed by atoms with E-state index in [1.165, 1.54) is 12.1 Å². The van der Waals surface area contributed by atoms with Crippen molar-refractivity contribution in [2.24, 2.45) is 0 Å². The minimum Gasteiger partial charge on any atom is -0.497 e. The van der Waals surface area contributed by atoms with Gasteiger partial charge in [-0.1, -0.05) is 25.0 Å².